The van der Waals surface area contributed by atoms with Gasteiger partial charge in [-0.05, 0) is 40.0 Å². The van der Waals surface area contributed by atoms with E-state index in [4.69, 9.17) is 0 Å². The maximum absolute atomic E-state index is 11.9. The van der Waals surface area contributed by atoms with E-state index >= 15 is 0 Å². The van der Waals surface area contributed by atoms with Gasteiger partial charge in [0, 0.05) is 12.5 Å². The van der Waals surface area contributed by atoms with Gasteiger partial charge in [-0.1, -0.05) is 0 Å². The van der Waals surface area contributed by atoms with Crippen LogP contribution in [-0.2, 0) is 4.79 Å². The number of hydrogen-bond donors (Lipinski definition) is 0. The van der Waals surface area contributed by atoms with E-state index in [0.717, 1.165) is 32.5 Å². The number of likely N-dealkylation sites (N-methyl/N-ethyl adjacent to an activating group) is 1. The molecule has 0 spiro atoms. The standard InChI is InChI=1S/C10H18N2O/c1-11(2)7-9-10(13)8-3-5-12(9)6-4-8/h8-9H,3-7H2,1-2H3. The van der Waals surface area contributed by atoms with Crippen LogP contribution in [0.1, 0.15) is 12.8 Å². The molecule has 1 atom stereocenters. The summed E-state index contributed by atoms with van der Waals surface area (Å²) in [6.07, 6.45) is 2.20. The van der Waals surface area contributed by atoms with Gasteiger partial charge in [0.25, 0.3) is 0 Å². The van der Waals surface area contributed by atoms with Gasteiger partial charge in [0.1, 0.15) is 0 Å². The Kier molecular flexibility index (Phi) is 2.39. The molecule has 0 saturated carbocycles. The lowest BCUT2D eigenvalue weighted by Gasteiger charge is -2.44. The molecular formula is C10H18N2O. The molecule has 2 bridgehead atoms. The number of fused-ring (bicyclic) bond motifs is 3. The summed E-state index contributed by atoms with van der Waals surface area (Å²) >= 11 is 0. The lowest BCUT2D eigenvalue weighted by atomic mass is 9.82. The molecule has 3 heterocycles. The molecule has 0 aromatic carbocycles. The number of rotatable bonds is 2. The summed E-state index contributed by atoms with van der Waals surface area (Å²) in [5, 5.41) is 0. The number of hydrogen-bond acceptors (Lipinski definition) is 3. The number of ketones is 1. The van der Waals surface area contributed by atoms with Crippen LogP contribution in [0.4, 0.5) is 0 Å². The fourth-order valence-corrected chi connectivity index (χ4v) is 2.50. The van der Waals surface area contributed by atoms with Gasteiger partial charge in [0.05, 0.1) is 6.04 Å². The van der Waals surface area contributed by atoms with E-state index in [9.17, 15) is 4.79 Å². The first kappa shape index (κ1) is 9.16. The Bertz CT molecular complexity index is 207. The van der Waals surface area contributed by atoms with Crippen molar-refractivity contribution < 1.29 is 4.79 Å². The van der Waals surface area contributed by atoms with Crippen molar-refractivity contribution in [2.75, 3.05) is 33.7 Å². The third-order valence-corrected chi connectivity index (χ3v) is 3.24. The molecule has 3 aliphatic heterocycles. The Morgan fingerprint density at radius 1 is 1.38 bits per heavy atom. The Hall–Kier alpha value is -0.410. The lowest BCUT2D eigenvalue weighted by molar-refractivity contribution is -0.137. The van der Waals surface area contributed by atoms with Gasteiger partial charge in [0.15, 0.2) is 5.78 Å². The summed E-state index contributed by atoms with van der Waals surface area (Å²) in [6.45, 7) is 3.17. The number of piperidine rings is 3. The molecule has 3 saturated heterocycles. The zero-order valence-electron chi connectivity index (χ0n) is 8.49. The van der Waals surface area contributed by atoms with Crippen LogP contribution >= 0.6 is 0 Å². The first-order chi connectivity index (χ1) is 6.18. The van der Waals surface area contributed by atoms with Gasteiger partial charge in [-0.15, -0.1) is 0 Å². The predicted molar refractivity (Wildman–Crippen MR) is 51.6 cm³/mol. The molecule has 3 nitrogen and oxygen atoms in total. The second-order valence-corrected chi connectivity index (χ2v) is 4.49. The average molecular weight is 182 g/mol. The van der Waals surface area contributed by atoms with Crippen molar-refractivity contribution in [1.29, 1.82) is 0 Å². The van der Waals surface area contributed by atoms with Crippen LogP contribution < -0.4 is 0 Å². The summed E-state index contributed by atoms with van der Waals surface area (Å²) in [5.74, 6) is 0.876. The van der Waals surface area contributed by atoms with E-state index in [-0.39, 0.29) is 6.04 Å². The van der Waals surface area contributed by atoms with Crippen LogP contribution in [0.15, 0.2) is 0 Å². The smallest absolute Gasteiger partial charge is 0.154 e. The molecule has 0 aliphatic carbocycles. The number of carbonyl (C=O) groups excluding carboxylic acids is 1. The molecule has 3 heteroatoms. The summed E-state index contributed by atoms with van der Waals surface area (Å²) in [7, 11) is 4.08. The predicted octanol–water partition coefficient (Wildman–Crippen LogP) is 0.211. The molecular weight excluding hydrogens is 164 g/mol. The van der Waals surface area contributed by atoms with Crippen LogP contribution in [-0.4, -0.2) is 55.4 Å². The molecule has 3 rings (SSSR count). The quantitative estimate of drug-likeness (QED) is 0.610. The molecule has 74 valence electrons. The van der Waals surface area contributed by atoms with Gasteiger partial charge >= 0.3 is 0 Å². The number of nitrogens with zero attached hydrogens (tertiary/aromatic N) is 2. The van der Waals surface area contributed by atoms with Gasteiger partial charge in [-0.2, -0.15) is 0 Å². The van der Waals surface area contributed by atoms with Crippen molar-refractivity contribution in [3.8, 4) is 0 Å². The average Bonchev–Trinajstić information content (AvgIpc) is 2.11. The summed E-state index contributed by atoms with van der Waals surface area (Å²) in [5.41, 5.74) is 0. The minimum Gasteiger partial charge on any atom is -0.307 e. The van der Waals surface area contributed by atoms with Gasteiger partial charge in [-0.25, -0.2) is 0 Å². The second-order valence-electron chi connectivity index (χ2n) is 4.49. The molecule has 0 N–H and O–H groups in total. The fraction of sp³-hybridized carbons (Fsp3) is 0.900. The zero-order valence-corrected chi connectivity index (χ0v) is 8.49. The van der Waals surface area contributed by atoms with E-state index in [0.29, 0.717) is 11.7 Å². The molecule has 3 aliphatic rings. The summed E-state index contributed by atoms with van der Waals surface area (Å²) in [4.78, 5) is 16.3. The van der Waals surface area contributed by atoms with Crippen molar-refractivity contribution in [2.45, 2.75) is 18.9 Å². The molecule has 1 unspecified atom stereocenters. The number of Topliss-reactive ketones (excluding diaryl/α,β-unsaturated/α-hetero) is 1. The first-order valence-electron chi connectivity index (χ1n) is 5.11. The fourth-order valence-electron chi connectivity index (χ4n) is 2.50. The van der Waals surface area contributed by atoms with E-state index in [2.05, 4.69) is 9.80 Å². The molecule has 0 radical (unpaired) electrons. The third-order valence-electron chi connectivity index (χ3n) is 3.24. The van der Waals surface area contributed by atoms with Gasteiger partial charge in [0.2, 0.25) is 0 Å². The van der Waals surface area contributed by atoms with Gasteiger partial charge in [-0.3, -0.25) is 9.69 Å². The highest BCUT2D eigenvalue weighted by Gasteiger charge is 2.40. The highest BCUT2D eigenvalue weighted by molar-refractivity contribution is 5.88. The maximum atomic E-state index is 11.9. The van der Waals surface area contributed by atoms with Crippen molar-refractivity contribution in [3.63, 3.8) is 0 Å². The Morgan fingerprint density at radius 2 is 2.00 bits per heavy atom. The summed E-state index contributed by atoms with van der Waals surface area (Å²) < 4.78 is 0. The normalized spacial score (nSPS) is 38.7. The zero-order chi connectivity index (χ0) is 9.42. The first-order valence-corrected chi connectivity index (χ1v) is 5.11. The molecule has 0 aromatic rings. The van der Waals surface area contributed by atoms with E-state index in [1.165, 1.54) is 0 Å². The highest BCUT2D eigenvalue weighted by Crippen LogP contribution is 2.28. The maximum Gasteiger partial charge on any atom is 0.154 e. The highest BCUT2D eigenvalue weighted by atomic mass is 16.1. The van der Waals surface area contributed by atoms with E-state index < -0.39 is 0 Å². The Labute approximate surface area is 79.7 Å². The van der Waals surface area contributed by atoms with Crippen LogP contribution in [0.3, 0.4) is 0 Å². The monoisotopic (exact) mass is 182 g/mol. The van der Waals surface area contributed by atoms with Gasteiger partial charge < -0.3 is 4.90 Å². The molecule has 0 amide bonds. The van der Waals surface area contributed by atoms with E-state index in [1.807, 2.05) is 14.1 Å². The van der Waals surface area contributed by atoms with Crippen LogP contribution in [0, 0.1) is 5.92 Å². The Morgan fingerprint density at radius 3 is 2.46 bits per heavy atom. The minimum atomic E-state index is 0.197. The van der Waals surface area contributed by atoms with E-state index in [1.54, 1.807) is 0 Å². The van der Waals surface area contributed by atoms with Crippen LogP contribution in [0.2, 0.25) is 0 Å². The SMILES string of the molecule is CN(C)CC1C(=O)C2CCN1CC2. The lowest BCUT2D eigenvalue weighted by Crippen LogP contribution is -2.58. The molecule has 13 heavy (non-hydrogen) atoms. The van der Waals surface area contributed by atoms with Crippen LogP contribution in [0.5, 0.6) is 0 Å². The minimum absolute atomic E-state index is 0.197. The topological polar surface area (TPSA) is 23.6 Å². The largest absolute Gasteiger partial charge is 0.307 e. The molecule has 3 fully saturated rings. The Balaban J connectivity index is 2.05. The second kappa shape index (κ2) is 3.39. The third kappa shape index (κ3) is 1.63. The van der Waals surface area contributed by atoms with Crippen molar-refractivity contribution in [1.82, 2.24) is 9.80 Å². The number of carbonyl (C=O) groups is 1. The van der Waals surface area contributed by atoms with Crippen molar-refractivity contribution >= 4 is 5.78 Å². The van der Waals surface area contributed by atoms with Crippen LogP contribution in [0.25, 0.3) is 0 Å². The molecule has 0 aromatic heterocycles. The van der Waals surface area contributed by atoms with Crippen molar-refractivity contribution in [3.05, 3.63) is 0 Å². The van der Waals surface area contributed by atoms with Crippen molar-refractivity contribution in [2.24, 2.45) is 5.92 Å². The summed E-state index contributed by atoms with van der Waals surface area (Å²) in [6, 6.07) is 0.197.